The minimum atomic E-state index is -0.737. The smallest absolute Gasteiger partial charge is 0.0709 e. The number of hydrogen-bond donors (Lipinski definition) is 2. The molecule has 1 aliphatic heterocycles. The molecule has 42 heavy (non-hydrogen) atoms. The third-order valence-corrected chi connectivity index (χ3v) is 13.5. The fourth-order valence-corrected chi connectivity index (χ4v) is 11.4. The Morgan fingerprint density at radius 3 is 1.36 bits per heavy atom. The predicted octanol–water partition coefficient (Wildman–Crippen LogP) is 8.27. The van der Waals surface area contributed by atoms with Gasteiger partial charge < -0.3 is 10.6 Å². The molecule has 2 N–H and O–H groups in total. The molecule has 0 amide bonds. The Labute approximate surface area is 250 Å². The van der Waals surface area contributed by atoms with Gasteiger partial charge in [-0.3, -0.25) is 9.97 Å². The molecule has 7 rings (SSSR count). The van der Waals surface area contributed by atoms with Crippen LogP contribution < -0.4 is 31.9 Å². The Balaban J connectivity index is 1.59. The first-order valence-electron chi connectivity index (χ1n) is 14.6. The first kappa shape index (κ1) is 27.0. The lowest BCUT2D eigenvalue weighted by atomic mass is 10.1. The van der Waals surface area contributed by atoms with Crippen LogP contribution in [0.1, 0.15) is 27.7 Å². The molecule has 0 aliphatic carbocycles. The van der Waals surface area contributed by atoms with Crippen LogP contribution in [-0.4, -0.2) is 21.3 Å². The van der Waals surface area contributed by atoms with Crippen molar-refractivity contribution in [2.24, 2.45) is 0 Å². The number of para-hydroxylation sites is 2. The summed E-state index contributed by atoms with van der Waals surface area (Å²) in [6.45, 7) is 9.39. The maximum Gasteiger partial charge on any atom is 0.0709 e. The Morgan fingerprint density at radius 1 is 0.476 bits per heavy atom. The molecule has 208 valence electrons. The average Bonchev–Trinajstić information content (AvgIpc) is 2.98. The Bertz CT molecular complexity index is 1800. The Hall–Kier alpha value is -3.84. The van der Waals surface area contributed by atoms with Crippen molar-refractivity contribution in [3.8, 4) is 0 Å². The van der Waals surface area contributed by atoms with Gasteiger partial charge in [0.1, 0.15) is 0 Å². The molecular formula is C36H34N4P2. The molecule has 4 aromatic carbocycles. The van der Waals surface area contributed by atoms with Crippen molar-refractivity contribution in [3.63, 3.8) is 0 Å². The SMILES string of the molecule is CC(C)P1c2ccccc2Nc2ccccc2P(C(C)C)c2cc3ncccc3cc2Nc2cc3cccnc3cc21. The van der Waals surface area contributed by atoms with Crippen LogP contribution in [0.2, 0.25) is 0 Å². The van der Waals surface area contributed by atoms with E-state index in [1.54, 1.807) is 0 Å². The predicted molar refractivity (Wildman–Crippen MR) is 186 cm³/mol. The number of hydrogen-bond acceptors (Lipinski definition) is 4. The summed E-state index contributed by atoms with van der Waals surface area (Å²) in [7, 11) is -1.47. The highest BCUT2D eigenvalue weighted by Gasteiger charge is 2.29. The van der Waals surface area contributed by atoms with E-state index in [4.69, 9.17) is 9.97 Å². The molecular weight excluding hydrogens is 550 g/mol. The lowest BCUT2D eigenvalue weighted by Gasteiger charge is -2.32. The van der Waals surface area contributed by atoms with Crippen LogP contribution in [0.3, 0.4) is 0 Å². The highest BCUT2D eigenvalue weighted by atomic mass is 31.1. The van der Waals surface area contributed by atoms with E-state index in [9.17, 15) is 0 Å². The summed E-state index contributed by atoms with van der Waals surface area (Å²) in [5.41, 5.74) is 7.55. The summed E-state index contributed by atoms with van der Waals surface area (Å²) in [5.74, 6) is 0. The molecule has 0 fully saturated rings. The van der Waals surface area contributed by atoms with E-state index in [1.807, 2.05) is 24.5 Å². The van der Waals surface area contributed by atoms with E-state index in [2.05, 4.69) is 123 Å². The van der Waals surface area contributed by atoms with Gasteiger partial charge in [0.25, 0.3) is 0 Å². The molecule has 0 saturated carbocycles. The van der Waals surface area contributed by atoms with Crippen molar-refractivity contribution in [3.05, 3.63) is 109 Å². The maximum atomic E-state index is 4.78. The van der Waals surface area contributed by atoms with Gasteiger partial charge >= 0.3 is 0 Å². The minimum absolute atomic E-state index is 0.413. The summed E-state index contributed by atoms with van der Waals surface area (Å²) in [6.07, 6.45) is 3.79. The van der Waals surface area contributed by atoms with Crippen molar-refractivity contribution in [1.29, 1.82) is 0 Å². The Kier molecular flexibility index (Phi) is 7.14. The Morgan fingerprint density at radius 2 is 0.905 bits per heavy atom. The lowest BCUT2D eigenvalue weighted by molar-refractivity contribution is 1.10. The average molecular weight is 585 g/mol. The van der Waals surface area contributed by atoms with Crippen molar-refractivity contribution < 1.29 is 0 Å². The zero-order valence-corrected chi connectivity index (χ0v) is 26.1. The topological polar surface area (TPSA) is 49.8 Å². The molecule has 3 heterocycles. The second-order valence-electron chi connectivity index (χ2n) is 11.3. The highest BCUT2D eigenvalue weighted by molar-refractivity contribution is 7.74. The number of fused-ring (bicyclic) bond motifs is 6. The zero-order valence-electron chi connectivity index (χ0n) is 24.3. The van der Waals surface area contributed by atoms with Crippen molar-refractivity contribution in [2.75, 3.05) is 10.6 Å². The molecule has 2 unspecified atom stereocenters. The zero-order chi connectivity index (χ0) is 28.8. The molecule has 0 saturated heterocycles. The van der Waals surface area contributed by atoms with E-state index in [1.165, 1.54) is 32.6 Å². The molecule has 2 aromatic heterocycles. The van der Waals surface area contributed by atoms with Crippen LogP contribution in [0.4, 0.5) is 22.7 Å². The summed E-state index contributed by atoms with van der Waals surface area (Å²) in [4.78, 5) is 9.56. The van der Waals surface area contributed by atoms with Crippen LogP contribution in [0.25, 0.3) is 21.8 Å². The second-order valence-corrected chi connectivity index (χ2v) is 16.8. The van der Waals surface area contributed by atoms with Crippen LogP contribution in [-0.2, 0) is 0 Å². The molecule has 4 nitrogen and oxygen atoms in total. The largest absolute Gasteiger partial charge is 0.354 e. The van der Waals surface area contributed by atoms with Gasteiger partial charge in [0.15, 0.2) is 0 Å². The molecule has 0 spiro atoms. The first-order chi connectivity index (χ1) is 20.5. The summed E-state index contributed by atoms with van der Waals surface area (Å²) in [5, 5.41) is 15.6. The molecule has 0 radical (unpaired) electrons. The van der Waals surface area contributed by atoms with Crippen molar-refractivity contribution >= 4 is 81.6 Å². The van der Waals surface area contributed by atoms with Gasteiger partial charge in [0.2, 0.25) is 0 Å². The van der Waals surface area contributed by atoms with Crippen molar-refractivity contribution in [2.45, 2.75) is 39.0 Å². The van der Waals surface area contributed by atoms with E-state index < -0.39 is 15.8 Å². The quantitative estimate of drug-likeness (QED) is 0.201. The minimum Gasteiger partial charge on any atom is -0.354 e. The number of rotatable bonds is 2. The maximum absolute atomic E-state index is 4.78. The van der Waals surface area contributed by atoms with Crippen LogP contribution in [0.5, 0.6) is 0 Å². The van der Waals surface area contributed by atoms with Gasteiger partial charge in [-0.1, -0.05) is 76.2 Å². The molecule has 6 heteroatoms. The van der Waals surface area contributed by atoms with Gasteiger partial charge in [0.05, 0.1) is 11.0 Å². The number of nitrogens with one attached hydrogen (secondary N) is 2. The first-order valence-corrected chi connectivity index (χ1v) is 17.4. The summed E-state index contributed by atoms with van der Waals surface area (Å²) < 4.78 is 0. The van der Waals surface area contributed by atoms with Gasteiger partial charge in [-0.2, -0.15) is 0 Å². The lowest BCUT2D eigenvalue weighted by Crippen LogP contribution is -2.27. The number of anilines is 4. The number of pyridine rings is 2. The third kappa shape index (κ3) is 4.83. The standard InChI is InChI=1S/C36H34N4P2/c1-23(2)41-33-15-7-5-13-27(33)39-28-14-6-8-16-34(28)42(24(3)4)36-22-30-26(12-10-18-38-30)20-32(36)40-31-19-25-11-9-17-37-29(25)21-35(31)41/h5-24,39-40H,1-4H3. The van der Waals surface area contributed by atoms with E-state index >= 15 is 0 Å². The van der Waals surface area contributed by atoms with Crippen LogP contribution in [0, 0.1) is 0 Å². The van der Waals surface area contributed by atoms with Gasteiger partial charge in [-0.05, 0) is 75.7 Å². The van der Waals surface area contributed by atoms with Gasteiger partial charge in [0, 0.05) is 67.1 Å². The summed E-state index contributed by atoms with van der Waals surface area (Å²) >= 11 is 0. The highest BCUT2D eigenvalue weighted by Crippen LogP contribution is 2.48. The third-order valence-electron chi connectivity index (χ3n) is 7.86. The molecule has 6 aromatic rings. The van der Waals surface area contributed by atoms with E-state index in [-0.39, 0.29) is 0 Å². The normalized spacial score (nSPS) is 16.4. The van der Waals surface area contributed by atoms with Gasteiger partial charge in [-0.15, -0.1) is 0 Å². The van der Waals surface area contributed by atoms with Gasteiger partial charge in [-0.25, -0.2) is 0 Å². The fourth-order valence-electron chi connectivity index (χ4n) is 6.06. The van der Waals surface area contributed by atoms with Crippen LogP contribution in [0.15, 0.2) is 109 Å². The number of nitrogens with zero attached hydrogens (tertiary/aromatic N) is 2. The van der Waals surface area contributed by atoms with E-state index in [0.29, 0.717) is 11.3 Å². The fraction of sp³-hybridized carbons (Fsp3) is 0.167. The number of benzene rings is 4. The molecule has 1 aliphatic rings. The number of aromatic nitrogens is 2. The van der Waals surface area contributed by atoms with Crippen molar-refractivity contribution in [1.82, 2.24) is 9.97 Å². The monoisotopic (exact) mass is 584 g/mol. The summed E-state index contributed by atoms with van der Waals surface area (Å²) in [6, 6.07) is 35.4. The second kappa shape index (κ2) is 11.1. The van der Waals surface area contributed by atoms with Crippen LogP contribution >= 0.6 is 15.8 Å². The molecule has 0 bridgehead atoms. The van der Waals surface area contributed by atoms with E-state index in [0.717, 1.165) is 33.2 Å². The molecule has 2 atom stereocenters.